The molecule has 0 fully saturated rings. The molecule has 0 aliphatic rings. The highest BCUT2D eigenvalue weighted by Crippen LogP contribution is 2.29. The zero-order valence-electron chi connectivity index (χ0n) is 24.3. The summed E-state index contributed by atoms with van der Waals surface area (Å²) in [4.78, 5) is 12.8. The van der Waals surface area contributed by atoms with Crippen LogP contribution >= 0.6 is 11.3 Å². The number of carbonyl (C=O) groups excluding carboxylic acids is 1. The van der Waals surface area contributed by atoms with Crippen LogP contribution in [0, 0.1) is 0 Å². The molecule has 0 aliphatic carbocycles. The van der Waals surface area contributed by atoms with Gasteiger partial charge in [-0.3, -0.25) is 4.79 Å². The fourth-order valence-corrected chi connectivity index (χ4v) is 5.37. The Hall–Kier alpha value is -2.38. The Labute approximate surface area is 256 Å². The monoisotopic (exact) mass is 630 g/mol. The van der Waals surface area contributed by atoms with Crippen LogP contribution in [0.4, 0.5) is 5.69 Å². The maximum atomic E-state index is 12.8. The van der Waals surface area contributed by atoms with Gasteiger partial charge in [0.1, 0.15) is 0 Å². The van der Waals surface area contributed by atoms with Crippen molar-refractivity contribution in [1.82, 2.24) is 0 Å². The molecule has 220 valence electrons. The molecule has 0 unspecified atom stereocenters. The Morgan fingerprint density at radius 1 is 0.850 bits per heavy atom. The lowest BCUT2D eigenvalue weighted by Gasteiger charge is -2.13. The number of hydrogen-bond acceptors (Lipinski definition) is 4. The van der Waals surface area contributed by atoms with E-state index in [0.29, 0.717) is 18.1 Å². The van der Waals surface area contributed by atoms with Crippen molar-refractivity contribution < 1.29 is 35.8 Å². The number of carbonyl (C=O) groups is 1. The first-order valence-electron chi connectivity index (χ1n) is 14.8. The summed E-state index contributed by atoms with van der Waals surface area (Å²) in [5, 5.41) is 5.09. The first kappa shape index (κ1) is 33.8. The summed E-state index contributed by atoms with van der Waals surface area (Å²) in [6.07, 6.45) is 18.2. The second-order valence-electron chi connectivity index (χ2n) is 10.3. The summed E-state index contributed by atoms with van der Waals surface area (Å²) in [6.45, 7) is 3.72. The number of ether oxygens (including phenoxy) is 2. The Morgan fingerprint density at radius 3 is 2.20 bits per heavy atom. The number of rotatable bonds is 20. The van der Waals surface area contributed by atoms with E-state index in [9.17, 15) is 4.79 Å². The molecule has 0 radical (unpaired) electrons. The lowest BCUT2D eigenvalue weighted by atomic mass is 10.1. The summed E-state index contributed by atoms with van der Waals surface area (Å²) < 4.78 is 13.7. The summed E-state index contributed by atoms with van der Waals surface area (Å²) >= 11 is 1.67. The maximum Gasteiger partial charge on any atom is 0.228 e. The minimum absolute atomic E-state index is 0. The van der Waals surface area contributed by atoms with Gasteiger partial charge in [-0.25, -0.2) is 0 Å². The summed E-state index contributed by atoms with van der Waals surface area (Å²) in [5.74, 6) is 1.37. The molecule has 0 saturated heterocycles. The summed E-state index contributed by atoms with van der Waals surface area (Å²) in [5.41, 5.74) is 4.94. The second-order valence-corrected chi connectivity index (χ2v) is 11.1. The third-order valence-electron chi connectivity index (χ3n) is 6.95. The van der Waals surface area contributed by atoms with Crippen molar-refractivity contribution in [2.75, 3.05) is 19.0 Å². The van der Waals surface area contributed by atoms with Gasteiger partial charge in [0.15, 0.2) is 24.2 Å². The van der Waals surface area contributed by atoms with Gasteiger partial charge in [-0.15, -0.1) is 0 Å². The van der Waals surface area contributed by atoms with Gasteiger partial charge in [0.2, 0.25) is 11.4 Å². The number of anilines is 1. The molecule has 0 bridgehead atoms. The topological polar surface area (TPSA) is 51.4 Å². The average Bonchev–Trinajstić information content (AvgIpc) is 3.44. The third kappa shape index (κ3) is 13.3. The summed E-state index contributed by atoms with van der Waals surface area (Å²) in [6, 6.07) is 13.8. The molecule has 3 aromatic rings. The van der Waals surface area contributed by atoms with Crippen LogP contribution < -0.4 is 36.3 Å². The van der Waals surface area contributed by atoms with Gasteiger partial charge in [-0.1, -0.05) is 107 Å². The Morgan fingerprint density at radius 2 is 1.55 bits per heavy atom. The highest BCUT2D eigenvalue weighted by Gasteiger charge is 2.11. The number of nitrogens with zero attached hydrogens (tertiary/aromatic N) is 1. The largest absolute Gasteiger partial charge is 1.00 e. The lowest BCUT2D eigenvalue weighted by molar-refractivity contribution is -0.683. The number of unbranched alkanes of at least 4 members (excludes halogenated alkanes) is 11. The minimum Gasteiger partial charge on any atom is -1.00 e. The van der Waals surface area contributed by atoms with Gasteiger partial charge in [0.05, 0.1) is 25.5 Å². The van der Waals surface area contributed by atoms with E-state index in [2.05, 4.69) is 40.0 Å². The number of hydrogen-bond donors (Lipinski definition) is 1. The van der Waals surface area contributed by atoms with Crippen molar-refractivity contribution in [2.24, 2.45) is 0 Å². The van der Waals surface area contributed by atoms with E-state index < -0.39 is 0 Å². The molecule has 1 amide bonds. The molecule has 0 aliphatic heterocycles. The zero-order chi connectivity index (χ0) is 27.5. The van der Waals surface area contributed by atoms with Crippen LogP contribution in [0.5, 0.6) is 11.5 Å². The normalized spacial score (nSPS) is 10.7. The number of benzene rings is 2. The van der Waals surface area contributed by atoms with Gasteiger partial charge in [-0.05, 0) is 36.2 Å². The molecular formula is C33H47BrN2O3S. The van der Waals surface area contributed by atoms with Crippen molar-refractivity contribution in [1.29, 1.82) is 0 Å². The summed E-state index contributed by atoms with van der Waals surface area (Å²) in [7, 11) is 1.65. The van der Waals surface area contributed by atoms with Gasteiger partial charge in [0, 0.05) is 11.3 Å². The molecule has 0 spiro atoms. The van der Waals surface area contributed by atoms with Crippen molar-refractivity contribution in [3.8, 4) is 11.5 Å². The molecular weight excluding hydrogens is 584 g/mol. The van der Waals surface area contributed by atoms with E-state index in [0.717, 1.165) is 29.8 Å². The lowest BCUT2D eigenvalue weighted by Crippen LogP contribution is -3.00. The highest BCUT2D eigenvalue weighted by molar-refractivity contribution is 7.07. The predicted octanol–water partition coefficient (Wildman–Crippen LogP) is 5.36. The van der Waals surface area contributed by atoms with E-state index in [1.807, 2.05) is 36.4 Å². The van der Waals surface area contributed by atoms with E-state index in [4.69, 9.17) is 9.47 Å². The van der Waals surface area contributed by atoms with Gasteiger partial charge in [-0.2, -0.15) is 4.57 Å². The van der Waals surface area contributed by atoms with Crippen LogP contribution in [0.2, 0.25) is 0 Å². The van der Waals surface area contributed by atoms with Crippen LogP contribution in [0.25, 0.3) is 0 Å². The number of methoxy groups -OCH3 is 1. The molecule has 5 nitrogen and oxygen atoms in total. The second kappa shape index (κ2) is 20.5. The number of amides is 1. The molecule has 1 heterocycles. The first-order chi connectivity index (χ1) is 19.2. The maximum absolute atomic E-state index is 12.8. The molecule has 1 aromatic heterocycles. The molecule has 3 rings (SSSR count). The molecule has 40 heavy (non-hydrogen) atoms. The van der Waals surface area contributed by atoms with E-state index in [1.165, 1.54) is 70.6 Å². The number of halogens is 1. The number of nitrogens with one attached hydrogen (secondary N) is 1. The van der Waals surface area contributed by atoms with Gasteiger partial charge >= 0.3 is 0 Å². The van der Waals surface area contributed by atoms with Crippen LogP contribution in [0.1, 0.15) is 95.1 Å². The fourth-order valence-electron chi connectivity index (χ4n) is 4.77. The predicted molar refractivity (Wildman–Crippen MR) is 162 cm³/mol. The van der Waals surface area contributed by atoms with E-state index in [-0.39, 0.29) is 29.3 Å². The van der Waals surface area contributed by atoms with Crippen molar-refractivity contribution in [2.45, 2.75) is 96.9 Å². The Balaban J connectivity index is 0.00000560. The molecule has 2 aromatic carbocycles. The smallest absolute Gasteiger partial charge is 0.228 e. The highest BCUT2D eigenvalue weighted by atomic mass is 79.9. The first-order valence-corrected chi connectivity index (χ1v) is 15.7. The van der Waals surface area contributed by atoms with E-state index >= 15 is 0 Å². The Bertz CT molecular complexity index is 1090. The van der Waals surface area contributed by atoms with Gasteiger partial charge in [0.25, 0.3) is 0 Å². The quantitative estimate of drug-likeness (QED) is 0.135. The third-order valence-corrected chi connectivity index (χ3v) is 7.62. The van der Waals surface area contributed by atoms with Crippen molar-refractivity contribution in [3.05, 3.63) is 70.7 Å². The standard InChI is InChI=1S/C33H46N2O3S.BrH/c1-3-4-5-6-7-8-9-10-11-12-13-14-21-38-32-24-28(18-19-31(32)37-2)25-33(36)34-30-17-15-16-29(23-30)26-35-20-22-39-27-35;/h15-20,22-24,27H,3-14,21,25-26H2,1-2H3;1H. The minimum atomic E-state index is -0.0487. The van der Waals surface area contributed by atoms with Crippen LogP contribution in [0.15, 0.2) is 59.6 Å². The van der Waals surface area contributed by atoms with E-state index in [1.54, 1.807) is 18.4 Å². The van der Waals surface area contributed by atoms with Crippen molar-refractivity contribution >= 4 is 22.9 Å². The van der Waals surface area contributed by atoms with Crippen LogP contribution in [-0.2, 0) is 17.8 Å². The van der Waals surface area contributed by atoms with Crippen LogP contribution in [-0.4, -0.2) is 19.6 Å². The fraction of sp³-hybridized carbons (Fsp3) is 0.515. The SMILES string of the molecule is CCCCCCCCCCCCCCOc1cc(CC(=O)Nc2cccc(C[n+]3ccsc3)c2)ccc1OC.[Br-]. The van der Waals surface area contributed by atoms with Crippen LogP contribution in [0.3, 0.4) is 0 Å². The molecule has 0 atom stereocenters. The molecule has 0 saturated carbocycles. The number of thiazole rings is 1. The number of aromatic nitrogens is 1. The molecule has 1 N–H and O–H groups in total. The zero-order valence-corrected chi connectivity index (χ0v) is 26.7. The average molecular weight is 632 g/mol. The molecule has 7 heteroatoms. The Kier molecular flexibility index (Phi) is 17.3. The van der Waals surface area contributed by atoms with Gasteiger partial charge < -0.3 is 31.8 Å². The van der Waals surface area contributed by atoms with Crippen molar-refractivity contribution in [3.63, 3.8) is 0 Å².